The van der Waals surface area contributed by atoms with Crippen LogP contribution in [-0.2, 0) is 4.79 Å². The molecule has 82 valence electrons. The van der Waals surface area contributed by atoms with Crippen molar-refractivity contribution in [3.8, 4) is 0 Å². The van der Waals surface area contributed by atoms with Crippen LogP contribution in [0.25, 0.3) is 0 Å². The Morgan fingerprint density at radius 3 is 2.57 bits per heavy atom. The summed E-state index contributed by atoms with van der Waals surface area (Å²) in [5, 5.41) is 11.9. The zero-order chi connectivity index (χ0) is 10.7. The maximum absolute atomic E-state index is 11.4. The molecule has 14 heavy (non-hydrogen) atoms. The van der Waals surface area contributed by atoms with Gasteiger partial charge in [0.05, 0.1) is 12.1 Å². The fourth-order valence-corrected chi connectivity index (χ4v) is 1.53. The number of hydrogen-bond donors (Lipinski definition) is 3. The van der Waals surface area contributed by atoms with Crippen molar-refractivity contribution >= 4 is 5.91 Å². The average Bonchev–Trinajstić information content (AvgIpc) is 2.08. The summed E-state index contributed by atoms with van der Waals surface area (Å²) in [6, 6.07) is -0.417. The molecule has 0 aromatic heterocycles. The Bertz CT molecular complexity index is 200. The van der Waals surface area contributed by atoms with E-state index in [-0.39, 0.29) is 17.9 Å². The van der Waals surface area contributed by atoms with Gasteiger partial charge < -0.3 is 16.2 Å². The van der Waals surface area contributed by atoms with Crippen LogP contribution in [-0.4, -0.2) is 29.7 Å². The number of nitrogens with one attached hydrogen (secondary N) is 1. The first-order valence-corrected chi connectivity index (χ1v) is 5.22. The number of hydrogen-bond acceptors (Lipinski definition) is 3. The van der Waals surface area contributed by atoms with Crippen LogP contribution in [0.5, 0.6) is 0 Å². The van der Waals surface area contributed by atoms with Crippen molar-refractivity contribution in [3.05, 3.63) is 0 Å². The third-order valence-corrected chi connectivity index (χ3v) is 2.80. The van der Waals surface area contributed by atoms with Gasteiger partial charge in [-0.05, 0) is 24.7 Å². The van der Waals surface area contributed by atoms with Crippen LogP contribution in [0.3, 0.4) is 0 Å². The van der Waals surface area contributed by atoms with Gasteiger partial charge in [0.15, 0.2) is 0 Å². The summed E-state index contributed by atoms with van der Waals surface area (Å²) in [6.07, 6.45) is 1.45. The lowest BCUT2D eigenvalue weighted by Crippen LogP contribution is -2.47. The molecule has 0 heterocycles. The summed E-state index contributed by atoms with van der Waals surface area (Å²) < 4.78 is 0. The second-order valence-electron chi connectivity index (χ2n) is 4.51. The van der Waals surface area contributed by atoms with Gasteiger partial charge in [-0.15, -0.1) is 0 Å². The monoisotopic (exact) mass is 200 g/mol. The number of amides is 1. The van der Waals surface area contributed by atoms with Crippen LogP contribution in [0, 0.1) is 11.8 Å². The maximum Gasteiger partial charge on any atom is 0.237 e. The molecule has 0 aromatic carbocycles. The van der Waals surface area contributed by atoms with Gasteiger partial charge in [-0.1, -0.05) is 13.8 Å². The third kappa shape index (κ3) is 2.96. The number of aliphatic hydroxyl groups is 1. The highest BCUT2D eigenvalue weighted by molar-refractivity contribution is 5.81. The molecule has 1 fully saturated rings. The molecule has 1 rings (SSSR count). The van der Waals surface area contributed by atoms with Crippen LogP contribution < -0.4 is 11.1 Å². The van der Waals surface area contributed by atoms with Crippen molar-refractivity contribution < 1.29 is 9.90 Å². The summed E-state index contributed by atoms with van der Waals surface area (Å²) in [5.74, 6) is 0.525. The lowest BCUT2D eigenvalue weighted by Gasteiger charge is -2.31. The van der Waals surface area contributed by atoms with Crippen LogP contribution in [0.15, 0.2) is 0 Å². The van der Waals surface area contributed by atoms with Gasteiger partial charge in [-0.3, -0.25) is 4.79 Å². The van der Waals surface area contributed by atoms with Gasteiger partial charge >= 0.3 is 0 Å². The third-order valence-electron chi connectivity index (χ3n) is 2.80. The number of aliphatic hydroxyl groups excluding tert-OH is 1. The molecule has 0 spiro atoms. The zero-order valence-corrected chi connectivity index (χ0v) is 8.86. The molecule has 1 unspecified atom stereocenters. The Morgan fingerprint density at radius 1 is 1.57 bits per heavy atom. The Balaban J connectivity index is 2.15. The molecule has 1 aliphatic carbocycles. The molecule has 1 aliphatic rings. The van der Waals surface area contributed by atoms with Crippen molar-refractivity contribution in [2.75, 3.05) is 6.54 Å². The smallest absolute Gasteiger partial charge is 0.237 e. The van der Waals surface area contributed by atoms with Crippen molar-refractivity contribution in [3.63, 3.8) is 0 Å². The van der Waals surface area contributed by atoms with Gasteiger partial charge in [0, 0.05) is 6.54 Å². The molecular formula is C10H20N2O2. The number of nitrogens with two attached hydrogens (primary N) is 1. The molecule has 0 aliphatic heterocycles. The van der Waals surface area contributed by atoms with E-state index >= 15 is 0 Å². The number of carbonyl (C=O) groups is 1. The second kappa shape index (κ2) is 4.75. The minimum absolute atomic E-state index is 0.0820. The molecule has 0 bridgehead atoms. The van der Waals surface area contributed by atoms with E-state index in [9.17, 15) is 4.79 Å². The number of carbonyl (C=O) groups excluding carboxylic acids is 1. The fourth-order valence-electron chi connectivity index (χ4n) is 1.53. The molecule has 0 radical (unpaired) electrons. The minimum Gasteiger partial charge on any atom is -0.393 e. The maximum atomic E-state index is 11.4. The fraction of sp³-hybridized carbons (Fsp3) is 0.900. The lowest BCUT2D eigenvalue weighted by atomic mass is 9.82. The Labute approximate surface area is 84.9 Å². The van der Waals surface area contributed by atoms with Gasteiger partial charge in [-0.25, -0.2) is 0 Å². The molecule has 4 heteroatoms. The van der Waals surface area contributed by atoms with E-state index in [4.69, 9.17) is 10.8 Å². The van der Waals surface area contributed by atoms with Crippen molar-refractivity contribution in [1.29, 1.82) is 0 Å². The van der Waals surface area contributed by atoms with Crippen LogP contribution in [0.1, 0.15) is 26.7 Å². The van der Waals surface area contributed by atoms with E-state index < -0.39 is 6.04 Å². The van der Waals surface area contributed by atoms with Gasteiger partial charge in [0.1, 0.15) is 0 Å². The standard InChI is InChI=1S/C10H20N2O2/c1-6(2)9(11)10(14)12-5-7-3-8(13)4-7/h6-9,13H,3-5,11H2,1-2H3,(H,12,14). The molecule has 1 amide bonds. The number of rotatable bonds is 4. The molecule has 4 N–H and O–H groups in total. The Morgan fingerprint density at radius 2 is 2.14 bits per heavy atom. The van der Waals surface area contributed by atoms with Crippen molar-refractivity contribution in [2.24, 2.45) is 17.6 Å². The zero-order valence-electron chi connectivity index (χ0n) is 8.86. The average molecular weight is 200 g/mol. The molecule has 4 nitrogen and oxygen atoms in total. The van der Waals surface area contributed by atoms with E-state index in [1.165, 1.54) is 0 Å². The van der Waals surface area contributed by atoms with Crippen molar-refractivity contribution in [1.82, 2.24) is 5.32 Å². The first kappa shape index (κ1) is 11.5. The van der Waals surface area contributed by atoms with E-state index in [0.717, 1.165) is 12.8 Å². The molecule has 1 saturated carbocycles. The van der Waals surface area contributed by atoms with Gasteiger partial charge in [0.2, 0.25) is 5.91 Å². The lowest BCUT2D eigenvalue weighted by molar-refractivity contribution is -0.123. The topological polar surface area (TPSA) is 75.4 Å². The summed E-state index contributed by atoms with van der Waals surface area (Å²) in [6.45, 7) is 4.50. The van der Waals surface area contributed by atoms with Crippen LogP contribution in [0.2, 0.25) is 0 Å². The largest absolute Gasteiger partial charge is 0.393 e. The summed E-state index contributed by atoms with van der Waals surface area (Å²) in [5.41, 5.74) is 5.67. The van der Waals surface area contributed by atoms with E-state index in [2.05, 4.69) is 5.32 Å². The SMILES string of the molecule is CC(C)C(N)C(=O)NCC1CC(O)C1. The van der Waals surface area contributed by atoms with E-state index in [1.54, 1.807) is 0 Å². The first-order valence-electron chi connectivity index (χ1n) is 5.22. The molecule has 0 aromatic rings. The normalized spacial score (nSPS) is 28.4. The van der Waals surface area contributed by atoms with E-state index in [0.29, 0.717) is 12.5 Å². The Kier molecular flexibility index (Phi) is 3.89. The predicted octanol–water partition coefficient (Wildman–Crippen LogP) is -0.143. The van der Waals surface area contributed by atoms with Crippen LogP contribution in [0.4, 0.5) is 0 Å². The first-order chi connectivity index (χ1) is 6.50. The highest BCUT2D eigenvalue weighted by Crippen LogP contribution is 2.26. The minimum atomic E-state index is -0.417. The quantitative estimate of drug-likeness (QED) is 0.591. The summed E-state index contributed by atoms with van der Waals surface area (Å²) in [4.78, 5) is 11.4. The van der Waals surface area contributed by atoms with Gasteiger partial charge in [0.25, 0.3) is 0 Å². The van der Waals surface area contributed by atoms with Crippen molar-refractivity contribution in [2.45, 2.75) is 38.8 Å². The van der Waals surface area contributed by atoms with E-state index in [1.807, 2.05) is 13.8 Å². The summed E-state index contributed by atoms with van der Waals surface area (Å²) in [7, 11) is 0. The van der Waals surface area contributed by atoms with Gasteiger partial charge in [-0.2, -0.15) is 0 Å². The predicted molar refractivity (Wildman–Crippen MR) is 54.6 cm³/mol. The van der Waals surface area contributed by atoms with Crippen LogP contribution >= 0.6 is 0 Å². The second-order valence-corrected chi connectivity index (χ2v) is 4.51. The summed E-state index contributed by atoms with van der Waals surface area (Å²) >= 11 is 0. The molecule has 1 atom stereocenters. The highest BCUT2D eigenvalue weighted by atomic mass is 16.3. The molecular weight excluding hydrogens is 180 g/mol. The highest BCUT2D eigenvalue weighted by Gasteiger charge is 2.28. The molecule has 0 saturated heterocycles. The Hall–Kier alpha value is -0.610.